The Hall–Kier alpha value is -1.70. The van der Waals surface area contributed by atoms with Crippen molar-refractivity contribution in [3.8, 4) is 22.3 Å². The van der Waals surface area contributed by atoms with E-state index in [0.29, 0.717) is 0 Å². The van der Waals surface area contributed by atoms with Crippen LogP contribution >= 0.6 is 17.0 Å². The fraction of sp³-hybridized carbons (Fsp3) is 0.257. The predicted molar refractivity (Wildman–Crippen MR) is 172 cm³/mol. The third-order valence-electron chi connectivity index (χ3n) is 8.75. The van der Waals surface area contributed by atoms with E-state index in [0.717, 1.165) is 12.8 Å². The van der Waals surface area contributed by atoms with Crippen LogP contribution in [-0.2, 0) is 29.7 Å². The quantitative estimate of drug-likeness (QED) is 0.170. The summed E-state index contributed by atoms with van der Waals surface area (Å²) in [5, 5.41) is 3.01. The zero-order chi connectivity index (χ0) is 27.5. The molecule has 4 heteroatoms. The summed E-state index contributed by atoms with van der Waals surface area (Å²) in [7, 11) is 15.1. The van der Waals surface area contributed by atoms with Gasteiger partial charge in [0.2, 0.25) is 0 Å². The first kappa shape index (κ1) is 27.5. The first-order valence-electron chi connectivity index (χ1n) is 14.2. The van der Waals surface area contributed by atoms with Crippen LogP contribution < -0.4 is 13.6 Å². The van der Waals surface area contributed by atoms with Gasteiger partial charge < -0.3 is 0 Å². The van der Waals surface area contributed by atoms with E-state index in [2.05, 4.69) is 120 Å². The van der Waals surface area contributed by atoms with E-state index >= 15 is 0 Å². The molecule has 1 aliphatic carbocycles. The van der Waals surface area contributed by atoms with Gasteiger partial charge in [0.1, 0.15) is 0 Å². The van der Waals surface area contributed by atoms with E-state index in [4.69, 9.17) is 17.0 Å². The number of allylic oxidation sites excluding steroid dienone is 1. The van der Waals surface area contributed by atoms with Crippen molar-refractivity contribution in [2.75, 3.05) is 0 Å². The van der Waals surface area contributed by atoms with Crippen LogP contribution in [0.3, 0.4) is 0 Å². The zero-order valence-electron chi connectivity index (χ0n) is 23.5. The van der Waals surface area contributed by atoms with Gasteiger partial charge in [0.25, 0.3) is 0 Å². The van der Waals surface area contributed by atoms with Crippen LogP contribution in [0.15, 0.2) is 84.4 Å². The second kappa shape index (κ2) is 10.3. The molecule has 1 atom stereocenters. The predicted octanol–water partition coefficient (Wildman–Crippen LogP) is 7.95. The molecule has 0 N–H and O–H groups in total. The molecule has 4 aromatic carbocycles. The van der Waals surface area contributed by atoms with E-state index < -0.39 is 27.4 Å². The van der Waals surface area contributed by atoms with Crippen LogP contribution in [0.1, 0.15) is 66.9 Å². The molecule has 0 amide bonds. The molecular weight excluding hydrogens is 611 g/mol. The fourth-order valence-electron chi connectivity index (χ4n) is 6.86. The maximum absolute atomic E-state index is 7.84. The van der Waals surface area contributed by atoms with Gasteiger partial charge >= 0.3 is 250 Å². The molecule has 0 saturated heterocycles. The van der Waals surface area contributed by atoms with E-state index in [9.17, 15) is 0 Å². The summed E-state index contributed by atoms with van der Waals surface area (Å²) in [6.45, 7) is 11.5. The molecule has 1 heterocycles. The first-order chi connectivity index (χ1) is 18.7. The molecule has 0 radical (unpaired) electrons. The van der Waals surface area contributed by atoms with Gasteiger partial charge in [0.05, 0.1) is 0 Å². The molecular formula is C35H36Cl2SiZr. The van der Waals surface area contributed by atoms with Gasteiger partial charge in [-0.15, -0.1) is 0 Å². The second-order valence-electron chi connectivity index (χ2n) is 12.0. The number of rotatable bonds is 5. The molecule has 0 aromatic heterocycles. The van der Waals surface area contributed by atoms with Crippen molar-refractivity contribution in [2.45, 2.75) is 56.5 Å². The standard InChI is InChI=1S/C23H27.C12H9Si.2ClH.Zr/c1-6-16-14-18-12-13-21(23(3,4)5)22(20(18)15-16)19-11-9-8-10-17(19)7-2;1-3-7-11-9(5-1)10-6-2-4-8-12(10)13-11;;;/h8-15H,6-7H2,1-5H3;1-7H,13H2;2*1H;/q;;;;+2/p-2. The van der Waals surface area contributed by atoms with Crippen molar-refractivity contribution in [3.63, 3.8) is 0 Å². The molecule has 6 rings (SSSR count). The van der Waals surface area contributed by atoms with Crippen LogP contribution in [-0.4, -0.2) is 9.52 Å². The second-order valence-corrected chi connectivity index (χ2v) is 27.9. The summed E-state index contributed by atoms with van der Waals surface area (Å²) in [6, 6.07) is 29.3. The van der Waals surface area contributed by atoms with Gasteiger partial charge in [-0.1, -0.05) is 0 Å². The van der Waals surface area contributed by atoms with Gasteiger partial charge in [-0.2, -0.15) is 0 Å². The van der Waals surface area contributed by atoms with E-state index in [-0.39, 0.29) is 9.04 Å². The van der Waals surface area contributed by atoms with Crippen LogP contribution in [0.5, 0.6) is 0 Å². The Bertz CT molecular complexity index is 1630. The number of fused-ring (bicyclic) bond motifs is 4. The van der Waals surface area contributed by atoms with Crippen molar-refractivity contribution >= 4 is 46.3 Å². The molecule has 0 saturated carbocycles. The van der Waals surface area contributed by atoms with Crippen molar-refractivity contribution < 1.29 is 17.9 Å². The Morgan fingerprint density at radius 1 is 0.769 bits per heavy atom. The average Bonchev–Trinajstić information content (AvgIpc) is 3.50. The average molecular weight is 647 g/mol. The van der Waals surface area contributed by atoms with Crippen LogP contribution in [0, 0.1) is 0 Å². The van der Waals surface area contributed by atoms with Gasteiger partial charge in [0, 0.05) is 0 Å². The number of halogens is 2. The van der Waals surface area contributed by atoms with Crippen LogP contribution in [0.4, 0.5) is 0 Å². The third-order valence-corrected chi connectivity index (χ3v) is 23.1. The van der Waals surface area contributed by atoms with Gasteiger partial charge in [0.15, 0.2) is 0 Å². The first-order valence-corrected chi connectivity index (χ1v) is 24.6. The fourth-order valence-corrected chi connectivity index (χ4v) is 23.9. The maximum atomic E-state index is 7.84. The molecule has 0 nitrogen and oxygen atoms in total. The number of benzene rings is 4. The molecule has 39 heavy (non-hydrogen) atoms. The summed E-state index contributed by atoms with van der Waals surface area (Å²) < 4.78 is 1.43. The van der Waals surface area contributed by atoms with E-state index in [1.807, 2.05) is 0 Å². The zero-order valence-corrected chi connectivity index (χ0v) is 28.9. The summed E-state index contributed by atoms with van der Waals surface area (Å²) >= 11 is -3.96. The molecule has 0 fully saturated rings. The topological polar surface area (TPSA) is 0 Å². The summed E-state index contributed by atoms with van der Waals surface area (Å²) in [5.41, 5.74) is 12.4. The monoisotopic (exact) mass is 644 g/mol. The SMILES string of the molecule is CCC1=Cc2c(ccc(C(C)(C)C)c2-c2ccccc2CC)[CH]1[Zr]([Cl])([Cl])[c]1cccc2c1[SiH2]c1ccccc1-2. The summed E-state index contributed by atoms with van der Waals surface area (Å²) in [5.74, 6) is 0. The molecule has 1 aliphatic heterocycles. The Morgan fingerprint density at radius 2 is 1.46 bits per heavy atom. The van der Waals surface area contributed by atoms with Gasteiger partial charge in [-0.3, -0.25) is 0 Å². The Morgan fingerprint density at radius 3 is 2.18 bits per heavy atom. The molecule has 1 unspecified atom stereocenters. The van der Waals surface area contributed by atoms with Crippen molar-refractivity contribution in [2.24, 2.45) is 0 Å². The van der Waals surface area contributed by atoms with Crippen molar-refractivity contribution in [3.05, 3.63) is 107 Å². The van der Waals surface area contributed by atoms with E-state index in [1.54, 1.807) is 0 Å². The normalized spacial score (nSPS) is 16.7. The number of aryl methyl sites for hydroxylation is 1. The summed E-state index contributed by atoms with van der Waals surface area (Å²) in [4.78, 5) is 0. The van der Waals surface area contributed by atoms with Crippen LogP contribution in [0.25, 0.3) is 28.3 Å². The van der Waals surface area contributed by atoms with Crippen molar-refractivity contribution in [1.29, 1.82) is 0 Å². The molecule has 0 bridgehead atoms. The molecule has 4 aromatic rings. The molecule has 198 valence electrons. The Labute approximate surface area is 247 Å². The number of hydrogen-bond acceptors (Lipinski definition) is 0. The van der Waals surface area contributed by atoms with Crippen LogP contribution in [0.2, 0.25) is 0 Å². The minimum atomic E-state index is -3.96. The molecule has 0 spiro atoms. The number of hydrogen-bond donors (Lipinski definition) is 0. The minimum absolute atomic E-state index is 0.0173. The third kappa shape index (κ3) is 4.51. The van der Waals surface area contributed by atoms with Gasteiger partial charge in [-0.05, 0) is 0 Å². The Kier molecular flexibility index (Phi) is 7.25. The molecule has 2 aliphatic rings. The van der Waals surface area contributed by atoms with Gasteiger partial charge in [-0.25, -0.2) is 0 Å². The summed E-state index contributed by atoms with van der Waals surface area (Å²) in [6.07, 6.45) is 4.43. The van der Waals surface area contributed by atoms with Crippen molar-refractivity contribution in [1.82, 2.24) is 0 Å². The Balaban J connectivity index is 1.57. The van der Waals surface area contributed by atoms with E-state index in [1.165, 1.54) is 63.7 Å².